The maximum Gasteiger partial charge on any atom is 0.237 e. The van der Waals surface area contributed by atoms with Crippen LogP contribution in [0, 0.1) is 0 Å². The molecular weight excluding hydrogens is 256 g/mol. The van der Waals surface area contributed by atoms with Gasteiger partial charge in [0, 0.05) is 4.90 Å². The van der Waals surface area contributed by atoms with E-state index in [1.807, 2.05) is 24.3 Å². The van der Waals surface area contributed by atoms with Crippen molar-refractivity contribution in [2.24, 2.45) is 11.5 Å². The lowest BCUT2D eigenvalue weighted by Gasteiger charge is -2.19. The Bertz CT molecular complexity index is 396. The number of rotatable bonds is 6. The number of amides is 1. The lowest BCUT2D eigenvalue weighted by molar-refractivity contribution is -0.122. The van der Waals surface area contributed by atoms with Gasteiger partial charge in [0.2, 0.25) is 5.91 Å². The van der Waals surface area contributed by atoms with Gasteiger partial charge in [-0.3, -0.25) is 4.79 Å². The molecule has 94 valence electrons. The standard InChI is InChI=1S/C12H17ClN2OS/c1-12(15,11(14)16)7-4-8-17-10-6-3-2-5-9(10)13/h2-3,5-6H,4,7-8,15H2,1H3,(H2,14,16). The van der Waals surface area contributed by atoms with Crippen LogP contribution in [0.3, 0.4) is 0 Å². The molecule has 0 spiro atoms. The molecule has 17 heavy (non-hydrogen) atoms. The topological polar surface area (TPSA) is 69.1 Å². The van der Waals surface area contributed by atoms with Crippen LogP contribution in [-0.4, -0.2) is 17.2 Å². The minimum absolute atomic E-state index is 0.458. The minimum Gasteiger partial charge on any atom is -0.368 e. The summed E-state index contributed by atoms with van der Waals surface area (Å²) >= 11 is 7.68. The zero-order valence-corrected chi connectivity index (χ0v) is 11.4. The summed E-state index contributed by atoms with van der Waals surface area (Å²) in [5.41, 5.74) is 10.0. The van der Waals surface area contributed by atoms with Gasteiger partial charge in [-0.25, -0.2) is 0 Å². The Morgan fingerprint density at radius 2 is 2.12 bits per heavy atom. The van der Waals surface area contributed by atoms with Gasteiger partial charge in [0.05, 0.1) is 10.6 Å². The average Bonchev–Trinajstić information content (AvgIpc) is 2.26. The monoisotopic (exact) mass is 272 g/mol. The third kappa shape index (κ3) is 4.58. The summed E-state index contributed by atoms with van der Waals surface area (Å²) in [4.78, 5) is 12.1. The summed E-state index contributed by atoms with van der Waals surface area (Å²) in [6, 6.07) is 7.68. The Hall–Kier alpha value is -0.710. The number of thioether (sulfide) groups is 1. The van der Waals surface area contributed by atoms with Crippen LogP contribution in [0.15, 0.2) is 29.2 Å². The van der Waals surface area contributed by atoms with Gasteiger partial charge < -0.3 is 11.5 Å². The van der Waals surface area contributed by atoms with E-state index in [1.165, 1.54) is 0 Å². The van der Waals surface area contributed by atoms with Crippen molar-refractivity contribution in [2.75, 3.05) is 5.75 Å². The quantitative estimate of drug-likeness (QED) is 0.617. The summed E-state index contributed by atoms with van der Waals surface area (Å²) < 4.78 is 0. The molecule has 0 aromatic heterocycles. The third-order valence-electron chi connectivity index (χ3n) is 2.50. The molecule has 5 heteroatoms. The van der Waals surface area contributed by atoms with Crippen LogP contribution >= 0.6 is 23.4 Å². The van der Waals surface area contributed by atoms with E-state index in [-0.39, 0.29) is 0 Å². The molecule has 1 aromatic rings. The number of hydrogen-bond acceptors (Lipinski definition) is 3. The fraction of sp³-hybridized carbons (Fsp3) is 0.417. The minimum atomic E-state index is -0.916. The van der Waals surface area contributed by atoms with Gasteiger partial charge in [-0.05, 0) is 37.7 Å². The van der Waals surface area contributed by atoms with Gasteiger partial charge in [0.1, 0.15) is 0 Å². The van der Waals surface area contributed by atoms with E-state index >= 15 is 0 Å². The molecule has 3 nitrogen and oxygen atoms in total. The summed E-state index contributed by atoms with van der Waals surface area (Å²) in [5.74, 6) is 0.407. The summed E-state index contributed by atoms with van der Waals surface area (Å²) in [6.45, 7) is 1.66. The maximum atomic E-state index is 11.0. The largest absolute Gasteiger partial charge is 0.368 e. The molecule has 0 saturated heterocycles. The van der Waals surface area contributed by atoms with Crippen molar-refractivity contribution in [3.05, 3.63) is 29.3 Å². The van der Waals surface area contributed by atoms with Gasteiger partial charge in [-0.1, -0.05) is 23.7 Å². The normalized spacial score (nSPS) is 14.3. The second-order valence-corrected chi connectivity index (χ2v) is 5.71. The van der Waals surface area contributed by atoms with Crippen LogP contribution in [0.5, 0.6) is 0 Å². The molecule has 0 fully saturated rings. The Balaban J connectivity index is 2.35. The van der Waals surface area contributed by atoms with Crippen LogP contribution in [0.4, 0.5) is 0 Å². The highest BCUT2D eigenvalue weighted by Crippen LogP contribution is 2.27. The molecule has 1 aromatic carbocycles. The number of carbonyl (C=O) groups excluding carboxylic acids is 1. The van der Waals surface area contributed by atoms with Crippen molar-refractivity contribution in [1.82, 2.24) is 0 Å². The molecule has 0 radical (unpaired) electrons. The van der Waals surface area contributed by atoms with Gasteiger partial charge in [-0.2, -0.15) is 0 Å². The third-order valence-corrected chi connectivity index (χ3v) is 4.10. The van der Waals surface area contributed by atoms with Crippen molar-refractivity contribution in [2.45, 2.75) is 30.2 Å². The molecule has 0 aliphatic rings. The Kier molecular flexibility index (Phi) is 5.31. The fourth-order valence-electron chi connectivity index (χ4n) is 1.31. The van der Waals surface area contributed by atoms with E-state index in [0.29, 0.717) is 6.42 Å². The summed E-state index contributed by atoms with van der Waals surface area (Å²) in [7, 11) is 0. The van der Waals surface area contributed by atoms with E-state index in [9.17, 15) is 4.79 Å². The van der Waals surface area contributed by atoms with Gasteiger partial charge in [0.25, 0.3) is 0 Å². The summed E-state index contributed by atoms with van der Waals surface area (Å²) in [6.07, 6.45) is 1.41. The van der Waals surface area contributed by atoms with Gasteiger partial charge >= 0.3 is 0 Å². The first-order chi connectivity index (χ1) is 7.93. The molecule has 1 rings (SSSR count). The Morgan fingerprint density at radius 1 is 1.47 bits per heavy atom. The number of hydrogen-bond donors (Lipinski definition) is 2. The predicted molar refractivity (Wildman–Crippen MR) is 73.2 cm³/mol. The first-order valence-electron chi connectivity index (χ1n) is 5.39. The highest BCUT2D eigenvalue weighted by Gasteiger charge is 2.24. The SMILES string of the molecule is CC(N)(CCCSc1ccccc1Cl)C(N)=O. The van der Waals surface area contributed by atoms with E-state index in [2.05, 4.69) is 0 Å². The number of nitrogens with two attached hydrogens (primary N) is 2. The second kappa shape index (κ2) is 6.28. The molecule has 1 unspecified atom stereocenters. The van der Waals surface area contributed by atoms with Crippen molar-refractivity contribution in [1.29, 1.82) is 0 Å². The van der Waals surface area contributed by atoms with Crippen LogP contribution < -0.4 is 11.5 Å². The zero-order chi connectivity index (χ0) is 12.9. The van der Waals surface area contributed by atoms with Gasteiger partial charge in [-0.15, -0.1) is 11.8 Å². The maximum absolute atomic E-state index is 11.0. The van der Waals surface area contributed by atoms with Crippen molar-refractivity contribution < 1.29 is 4.79 Å². The van der Waals surface area contributed by atoms with E-state index in [1.54, 1.807) is 18.7 Å². The number of halogens is 1. The van der Waals surface area contributed by atoms with Crippen molar-refractivity contribution in [3.63, 3.8) is 0 Å². The highest BCUT2D eigenvalue weighted by molar-refractivity contribution is 7.99. The van der Waals surface area contributed by atoms with Crippen LogP contribution in [0.1, 0.15) is 19.8 Å². The first-order valence-corrected chi connectivity index (χ1v) is 6.76. The van der Waals surface area contributed by atoms with Crippen molar-refractivity contribution >= 4 is 29.3 Å². The lowest BCUT2D eigenvalue weighted by atomic mass is 9.97. The molecule has 0 saturated carbocycles. The molecular formula is C12H17ClN2OS. The Labute approximate surface area is 111 Å². The average molecular weight is 273 g/mol. The molecule has 0 bridgehead atoms. The molecule has 0 aliphatic carbocycles. The zero-order valence-electron chi connectivity index (χ0n) is 9.78. The van der Waals surface area contributed by atoms with E-state index < -0.39 is 11.4 Å². The smallest absolute Gasteiger partial charge is 0.237 e. The van der Waals surface area contributed by atoms with Gasteiger partial charge in [0.15, 0.2) is 0 Å². The van der Waals surface area contributed by atoms with E-state index in [0.717, 1.165) is 22.1 Å². The summed E-state index contributed by atoms with van der Waals surface area (Å²) in [5, 5.41) is 0.753. The predicted octanol–water partition coefficient (Wildman–Crippen LogP) is 2.42. The molecule has 4 N–H and O–H groups in total. The first kappa shape index (κ1) is 14.4. The Morgan fingerprint density at radius 3 is 2.71 bits per heavy atom. The number of carbonyl (C=O) groups is 1. The number of primary amides is 1. The van der Waals surface area contributed by atoms with Crippen molar-refractivity contribution in [3.8, 4) is 0 Å². The van der Waals surface area contributed by atoms with E-state index in [4.69, 9.17) is 23.1 Å². The highest BCUT2D eigenvalue weighted by atomic mass is 35.5. The van der Waals surface area contributed by atoms with Crippen LogP contribution in [-0.2, 0) is 4.79 Å². The molecule has 0 heterocycles. The fourth-order valence-corrected chi connectivity index (χ4v) is 2.50. The molecule has 1 atom stereocenters. The molecule has 1 amide bonds. The molecule has 0 aliphatic heterocycles. The second-order valence-electron chi connectivity index (χ2n) is 4.16. The van der Waals surface area contributed by atoms with Crippen LogP contribution in [0.25, 0.3) is 0 Å². The van der Waals surface area contributed by atoms with Crippen LogP contribution in [0.2, 0.25) is 5.02 Å². The number of benzene rings is 1. The lowest BCUT2D eigenvalue weighted by Crippen LogP contribution is -2.49.